The third-order valence-corrected chi connectivity index (χ3v) is 2.92. The second kappa shape index (κ2) is 5.12. The van der Waals surface area contributed by atoms with Crippen molar-refractivity contribution in [1.29, 1.82) is 0 Å². The molecule has 1 N–H and O–H groups in total. The van der Waals surface area contributed by atoms with Gasteiger partial charge in [0.15, 0.2) is 11.5 Å². The van der Waals surface area contributed by atoms with E-state index in [2.05, 4.69) is 4.99 Å². The Kier molecular flexibility index (Phi) is 3.15. The highest BCUT2D eigenvalue weighted by Gasteiger charge is 2.22. The summed E-state index contributed by atoms with van der Waals surface area (Å²) in [5.41, 5.74) is 0.777. The highest BCUT2D eigenvalue weighted by atomic mass is 16.7. The summed E-state index contributed by atoms with van der Waals surface area (Å²) in [7, 11) is 0. The molecule has 1 heterocycles. The molecule has 0 fully saturated rings. The SMILES string of the molecule is O=[N+]([O-])c1cc2c(cc1C=Nc1ccc(O)cc1)OCO2. The van der Waals surface area contributed by atoms with Crippen LogP contribution in [0.1, 0.15) is 5.56 Å². The van der Waals surface area contributed by atoms with Gasteiger partial charge in [0.1, 0.15) is 5.75 Å². The lowest BCUT2D eigenvalue weighted by Crippen LogP contribution is -1.94. The Morgan fingerprint density at radius 2 is 1.86 bits per heavy atom. The number of benzene rings is 2. The van der Waals surface area contributed by atoms with Gasteiger partial charge >= 0.3 is 0 Å². The summed E-state index contributed by atoms with van der Waals surface area (Å²) < 4.78 is 10.3. The van der Waals surface area contributed by atoms with Crippen LogP contribution in [-0.4, -0.2) is 23.0 Å². The van der Waals surface area contributed by atoms with E-state index in [0.717, 1.165) is 0 Å². The third-order valence-electron chi connectivity index (χ3n) is 2.92. The zero-order valence-electron chi connectivity index (χ0n) is 10.7. The fraction of sp³-hybridized carbons (Fsp3) is 0.0714. The Morgan fingerprint density at radius 3 is 2.52 bits per heavy atom. The third kappa shape index (κ3) is 2.62. The van der Waals surface area contributed by atoms with Gasteiger partial charge in [-0.3, -0.25) is 15.1 Å². The quantitative estimate of drug-likeness (QED) is 0.532. The Bertz CT molecular complexity index is 725. The second-order valence-electron chi connectivity index (χ2n) is 4.30. The zero-order chi connectivity index (χ0) is 14.8. The Hall–Kier alpha value is -3.09. The fourth-order valence-electron chi connectivity index (χ4n) is 1.89. The maximum absolute atomic E-state index is 11.1. The summed E-state index contributed by atoms with van der Waals surface area (Å²) in [5, 5.41) is 20.3. The Morgan fingerprint density at radius 1 is 1.19 bits per heavy atom. The number of ether oxygens (including phenoxy) is 2. The molecule has 0 saturated carbocycles. The smallest absolute Gasteiger partial charge is 0.282 e. The van der Waals surface area contributed by atoms with E-state index >= 15 is 0 Å². The summed E-state index contributed by atoms with van der Waals surface area (Å²) in [4.78, 5) is 14.7. The van der Waals surface area contributed by atoms with Crippen molar-refractivity contribution < 1.29 is 19.5 Å². The van der Waals surface area contributed by atoms with Crippen molar-refractivity contribution in [2.45, 2.75) is 0 Å². The number of fused-ring (bicyclic) bond motifs is 1. The number of nitro benzene ring substituents is 1. The van der Waals surface area contributed by atoms with Crippen molar-refractivity contribution in [2.24, 2.45) is 4.99 Å². The van der Waals surface area contributed by atoms with Crippen LogP contribution in [0.2, 0.25) is 0 Å². The largest absolute Gasteiger partial charge is 0.508 e. The van der Waals surface area contributed by atoms with Crippen molar-refractivity contribution in [3.05, 3.63) is 52.1 Å². The van der Waals surface area contributed by atoms with E-state index in [-0.39, 0.29) is 18.2 Å². The molecule has 0 atom stereocenters. The van der Waals surface area contributed by atoms with Gasteiger partial charge in [0.2, 0.25) is 6.79 Å². The van der Waals surface area contributed by atoms with Crippen molar-refractivity contribution in [1.82, 2.24) is 0 Å². The minimum atomic E-state index is -0.500. The topological polar surface area (TPSA) is 94.2 Å². The first-order valence-corrected chi connectivity index (χ1v) is 6.04. The number of nitrogens with zero attached hydrogens (tertiary/aromatic N) is 2. The highest BCUT2D eigenvalue weighted by molar-refractivity contribution is 5.88. The minimum absolute atomic E-state index is 0.0467. The van der Waals surface area contributed by atoms with Gasteiger partial charge in [-0.15, -0.1) is 0 Å². The number of aromatic hydroxyl groups is 1. The van der Waals surface area contributed by atoms with Crippen LogP contribution >= 0.6 is 0 Å². The van der Waals surface area contributed by atoms with E-state index in [4.69, 9.17) is 9.47 Å². The standard InChI is InChI=1S/C14H10N2O5/c17-11-3-1-10(2-4-11)15-7-9-5-13-14(21-8-20-13)6-12(9)16(18)19/h1-7,17H,8H2. The van der Waals surface area contributed by atoms with Gasteiger partial charge in [-0.2, -0.15) is 0 Å². The Labute approximate surface area is 119 Å². The van der Waals surface area contributed by atoms with Crippen LogP contribution < -0.4 is 9.47 Å². The number of nitro groups is 1. The molecular weight excluding hydrogens is 276 g/mol. The van der Waals surface area contributed by atoms with E-state index in [0.29, 0.717) is 22.7 Å². The number of phenols is 1. The molecule has 0 aromatic heterocycles. The van der Waals surface area contributed by atoms with E-state index in [1.165, 1.54) is 30.5 Å². The molecular formula is C14H10N2O5. The van der Waals surface area contributed by atoms with Crippen LogP contribution in [0, 0.1) is 10.1 Å². The summed E-state index contributed by atoms with van der Waals surface area (Å²) in [6.45, 7) is 0.0467. The molecule has 0 spiro atoms. The maximum Gasteiger partial charge on any atom is 0.282 e. The minimum Gasteiger partial charge on any atom is -0.508 e. The van der Waals surface area contributed by atoms with Crippen molar-refractivity contribution in [3.63, 3.8) is 0 Å². The zero-order valence-corrected chi connectivity index (χ0v) is 10.7. The average Bonchev–Trinajstić information content (AvgIpc) is 2.92. The number of hydrogen-bond donors (Lipinski definition) is 1. The van der Waals surface area contributed by atoms with Gasteiger partial charge in [0.05, 0.1) is 22.2 Å². The molecule has 0 saturated heterocycles. The molecule has 1 aliphatic heterocycles. The molecule has 0 unspecified atom stereocenters. The summed E-state index contributed by atoms with van der Waals surface area (Å²) in [6.07, 6.45) is 1.38. The van der Waals surface area contributed by atoms with Crippen LogP contribution in [0.15, 0.2) is 41.4 Å². The van der Waals surface area contributed by atoms with Crippen molar-refractivity contribution >= 4 is 17.6 Å². The monoisotopic (exact) mass is 286 g/mol. The molecule has 0 amide bonds. The number of hydrogen-bond acceptors (Lipinski definition) is 6. The van der Waals surface area contributed by atoms with Crippen molar-refractivity contribution in [3.8, 4) is 17.2 Å². The lowest BCUT2D eigenvalue weighted by atomic mass is 10.1. The second-order valence-corrected chi connectivity index (χ2v) is 4.30. The molecule has 106 valence electrons. The van der Waals surface area contributed by atoms with Gasteiger partial charge < -0.3 is 14.6 Å². The van der Waals surface area contributed by atoms with Crippen LogP contribution in [-0.2, 0) is 0 Å². The first-order valence-electron chi connectivity index (χ1n) is 6.04. The normalized spacial score (nSPS) is 12.8. The van der Waals surface area contributed by atoms with Gasteiger partial charge in [-0.25, -0.2) is 0 Å². The van der Waals surface area contributed by atoms with Gasteiger partial charge in [0, 0.05) is 6.21 Å². The lowest BCUT2D eigenvalue weighted by Gasteiger charge is -2.00. The average molecular weight is 286 g/mol. The number of aliphatic imine (C=N–C) groups is 1. The van der Waals surface area contributed by atoms with E-state index in [1.54, 1.807) is 12.1 Å². The Balaban J connectivity index is 1.97. The fourth-order valence-corrected chi connectivity index (χ4v) is 1.89. The number of rotatable bonds is 3. The van der Waals surface area contributed by atoms with E-state index < -0.39 is 4.92 Å². The molecule has 3 rings (SSSR count). The van der Waals surface area contributed by atoms with Crippen molar-refractivity contribution in [2.75, 3.05) is 6.79 Å². The molecule has 0 radical (unpaired) electrons. The van der Waals surface area contributed by atoms with E-state index in [9.17, 15) is 15.2 Å². The predicted molar refractivity (Wildman–Crippen MR) is 74.6 cm³/mol. The lowest BCUT2D eigenvalue weighted by molar-refractivity contribution is -0.385. The molecule has 0 aliphatic carbocycles. The van der Waals surface area contributed by atoms with Gasteiger partial charge in [0.25, 0.3) is 5.69 Å². The summed E-state index contributed by atoms with van der Waals surface area (Å²) in [6, 6.07) is 9.02. The first kappa shape index (κ1) is 12.9. The summed E-state index contributed by atoms with van der Waals surface area (Å²) >= 11 is 0. The van der Waals surface area contributed by atoms with Crippen LogP contribution in [0.4, 0.5) is 11.4 Å². The molecule has 1 aliphatic rings. The predicted octanol–water partition coefficient (Wildman–Crippen LogP) is 2.78. The molecule has 2 aromatic carbocycles. The highest BCUT2D eigenvalue weighted by Crippen LogP contribution is 2.37. The maximum atomic E-state index is 11.1. The van der Waals surface area contributed by atoms with Crippen LogP contribution in [0.25, 0.3) is 0 Å². The van der Waals surface area contributed by atoms with Crippen LogP contribution in [0.5, 0.6) is 17.2 Å². The molecule has 7 nitrogen and oxygen atoms in total. The van der Waals surface area contributed by atoms with Crippen LogP contribution in [0.3, 0.4) is 0 Å². The molecule has 21 heavy (non-hydrogen) atoms. The van der Waals surface area contributed by atoms with Gasteiger partial charge in [-0.1, -0.05) is 0 Å². The van der Waals surface area contributed by atoms with Gasteiger partial charge in [-0.05, 0) is 30.3 Å². The summed E-state index contributed by atoms with van der Waals surface area (Å²) in [5.74, 6) is 0.930. The first-order chi connectivity index (χ1) is 10.1. The molecule has 7 heteroatoms. The molecule has 0 bridgehead atoms. The molecule has 2 aromatic rings. The number of phenolic OH excluding ortho intramolecular Hbond substituents is 1. The van der Waals surface area contributed by atoms with E-state index in [1.807, 2.05) is 0 Å².